The van der Waals surface area contributed by atoms with Crippen molar-refractivity contribution in [2.45, 2.75) is 279 Å². The fourth-order valence-electron chi connectivity index (χ4n) is 8.11. The van der Waals surface area contributed by atoms with Gasteiger partial charge in [0, 0.05) is 25.2 Å². The van der Waals surface area contributed by atoms with Gasteiger partial charge in [0.15, 0.2) is 0 Å². The molecule has 58 heavy (non-hydrogen) atoms. The summed E-state index contributed by atoms with van der Waals surface area (Å²) in [6, 6.07) is -0.142. The van der Waals surface area contributed by atoms with Crippen molar-refractivity contribution >= 4 is 0 Å². The third kappa shape index (κ3) is 21.6. The van der Waals surface area contributed by atoms with Crippen LogP contribution in [-0.4, -0.2) is 108 Å². The van der Waals surface area contributed by atoms with Crippen molar-refractivity contribution in [3.63, 3.8) is 0 Å². The minimum absolute atomic E-state index is 0. The van der Waals surface area contributed by atoms with Crippen molar-refractivity contribution in [1.82, 2.24) is 0 Å². The number of halogens is 1. The average Bonchev–Trinajstić information content (AvgIpc) is 2.95. The summed E-state index contributed by atoms with van der Waals surface area (Å²) in [5.74, 6) is 0.872. The van der Waals surface area contributed by atoms with Crippen LogP contribution in [0.5, 0.6) is 0 Å². The van der Waals surface area contributed by atoms with Crippen LogP contribution in [-0.2, 0) is 33.2 Å². The fourth-order valence-corrected chi connectivity index (χ4v) is 8.11. The van der Waals surface area contributed by atoms with Crippen molar-refractivity contribution in [2.24, 2.45) is 35.0 Å². The van der Waals surface area contributed by atoms with Gasteiger partial charge < -0.3 is 50.4 Å². The molecule has 0 saturated heterocycles. The zero-order valence-electron chi connectivity index (χ0n) is 40.9. The maximum atomic E-state index is 14.5. The SMILES string of the molecule is C.CO[C@@H]1[C@@H](OC(C)(C)C)[C@H](OC(C)(C)C)[C@@H](N)C[C@H]1C.C[C@@H]1C[C@H](N)[C@@H](OC(C)(C)C)[C@H](OC(C)(C)C)C1.C[C@@H]1C[C@H](N)[C@@H](OC(C)(C)C)[C@H](OC(C)(C)C)[C@@H]1F. The second-order valence-corrected chi connectivity index (χ2v) is 23.4. The first-order chi connectivity index (χ1) is 25.3. The Morgan fingerprint density at radius 1 is 0.397 bits per heavy atom. The number of ether oxygens (including phenoxy) is 7. The van der Waals surface area contributed by atoms with E-state index in [4.69, 9.17) is 50.4 Å². The van der Waals surface area contributed by atoms with E-state index in [-0.39, 0.29) is 90.0 Å². The molecule has 0 aromatic rings. The van der Waals surface area contributed by atoms with Crippen LogP contribution < -0.4 is 17.2 Å². The average molecular weight is 836 g/mol. The van der Waals surface area contributed by atoms with Gasteiger partial charge in [-0.25, -0.2) is 4.39 Å². The molecule has 3 aliphatic rings. The Morgan fingerprint density at radius 2 is 0.707 bits per heavy atom. The second kappa shape index (κ2) is 22.2. The van der Waals surface area contributed by atoms with Crippen molar-refractivity contribution in [3.8, 4) is 0 Å². The Hall–Kier alpha value is -0.470. The molecule has 0 aromatic carbocycles. The topological polar surface area (TPSA) is 143 Å². The van der Waals surface area contributed by atoms with Crippen LogP contribution in [0.25, 0.3) is 0 Å². The van der Waals surface area contributed by atoms with Gasteiger partial charge in [-0.05, 0) is 168 Å². The summed E-state index contributed by atoms with van der Waals surface area (Å²) in [6.45, 7) is 42.8. The van der Waals surface area contributed by atoms with Crippen LogP contribution in [0.4, 0.5) is 4.39 Å². The highest BCUT2D eigenvalue weighted by molar-refractivity contribution is 4.99. The molecule has 11 heteroatoms. The molecular weight excluding hydrogens is 738 g/mol. The summed E-state index contributed by atoms with van der Waals surface area (Å²) in [4.78, 5) is 0. The van der Waals surface area contributed by atoms with Crippen LogP contribution in [0, 0.1) is 17.8 Å². The molecule has 0 heterocycles. The Morgan fingerprint density at radius 3 is 1.09 bits per heavy atom. The molecule has 3 rings (SSSR count). The van der Waals surface area contributed by atoms with Gasteiger partial charge in [-0.2, -0.15) is 0 Å². The van der Waals surface area contributed by atoms with Crippen molar-refractivity contribution in [2.75, 3.05) is 7.11 Å². The van der Waals surface area contributed by atoms with E-state index in [1.807, 2.05) is 69.2 Å². The van der Waals surface area contributed by atoms with Crippen LogP contribution in [0.3, 0.4) is 0 Å². The lowest BCUT2D eigenvalue weighted by Gasteiger charge is -2.47. The van der Waals surface area contributed by atoms with Gasteiger partial charge >= 0.3 is 0 Å². The minimum Gasteiger partial charge on any atom is -0.378 e. The molecule has 0 spiro atoms. The first-order valence-electron chi connectivity index (χ1n) is 21.8. The predicted molar refractivity (Wildman–Crippen MR) is 240 cm³/mol. The van der Waals surface area contributed by atoms with Crippen LogP contribution in [0.2, 0.25) is 0 Å². The van der Waals surface area contributed by atoms with Gasteiger partial charge in [0.2, 0.25) is 0 Å². The Bertz CT molecular complexity index is 1150. The molecular formula is C47H98FN3O7. The van der Waals surface area contributed by atoms with Gasteiger partial charge in [-0.15, -0.1) is 0 Å². The molecule has 0 bridgehead atoms. The molecule has 0 amide bonds. The highest BCUT2D eigenvalue weighted by atomic mass is 19.1. The first kappa shape index (κ1) is 57.5. The second-order valence-electron chi connectivity index (χ2n) is 23.4. The van der Waals surface area contributed by atoms with Crippen LogP contribution >= 0.6 is 0 Å². The standard InChI is InChI=1S/C16H33NO3.C15H30FNO2.C15H31NO2.CH4/c1-10-9-11(17)13(19-15(2,3)4)14(12(10)18-8)20-16(5,6)7;1-9-8-10(17)12(18-14(2,3)4)13(11(9)16)19-15(5,6)7;1-10-8-11(16)13(18-15(5,6)7)12(9-10)17-14(2,3)4;/h10-14H,9,17H2,1-8H3;9-13H,8,17H2,1-7H3;10-13H,8-9,16H2,1-7H3;1H4/t10-,11+,12+,13-,14-;9-,10+,11-,12-,13-;10-,11+,12-,13-;/m111./s1. The van der Waals surface area contributed by atoms with E-state index >= 15 is 0 Å². The maximum absolute atomic E-state index is 14.5. The van der Waals surface area contributed by atoms with E-state index in [1.165, 1.54) is 0 Å². The predicted octanol–water partition coefficient (Wildman–Crippen LogP) is 9.54. The lowest BCUT2D eigenvalue weighted by molar-refractivity contribution is -0.226. The maximum Gasteiger partial charge on any atom is 0.131 e. The van der Waals surface area contributed by atoms with E-state index in [9.17, 15) is 4.39 Å². The highest BCUT2D eigenvalue weighted by Gasteiger charge is 2.48. The summed E-state index contributed by atoms with van der Waals surface area (Å²) in [5.41, 5.74) is 17.2. The Labute approximate surface area is 358 Å². The number of alkyl halides is 1. The third-order valence-electron chi connectivity index (χ3n) is 9.84. The Kier molecular flexibility index (Phi) is 22.1. The minimum atomic E-state index is -1.04. The van der Waals surface area contributed by atoms with Crippen molar-refractivity contribution in [3.05, 3.63) is 0 Å². The Balaban J connectivity index is 0.000000834. The fraction of sp³-hybridized carbons (Fsp3) is 1.00. The smallest absolute Gasteiger partial charge is 0.131 e. The molecule has 6 N–H and O–H groups in total. The van der Waals surface area contributed by atoms with Gasteiger partial charge in [0.25, 0.3) is 0 Å². The molecule has 3 saturated carbocycles. The number of rotatable bonds is 7. The van der Waals surface area contributed by atoms with Gasteiger partial charge in [-0.1, -0.05) is 28.2 Å². The molecule has 10 nitrogen and oxygen atoms in total. The van der Waals surface area contributed by atoms with Gasteiger partial charge in [-0.3, -0.25) is 0 Å². The summed E-state index contributed by atoms with van der Waals surface area (Å²) in [5, 5.41) is 0. The lowest BCUT2D eigenvalue weighted by atomic mass is 9.80. The first-order valence-corrected chi connectivity index (χ1v) is 21.8. The molecule has 14 atom stereocenters. The van der Waals surface area contributed by atoms with Gasteiger partial charge in [0.05, 0.1) is 51.9 Å². The van der Waals surface area contributed by atoms with E-state index in [0.717, 1.165) is 19.3 Å². The summed E-state index contributed by atoms with van der Waals surface area (Å²) in [6.07, 6.45) is 1.37. The highest BCUT2D eigenvalue weighted by Crippen LogP contribution is 2.37. The molecule has 350 valence electrons. The van der Waals surface area contributed by atoms with E-state index in [0.29, 0.717) is 18.3 Å². The molecule has 0 aliphatic heterocycles. The quantitative estimate of drug-likeness (QED) is 0.227. The molecule has 0 unspecified atom stereocenters. The molecule has 3 fully saturated rings. The zero-order valence-corrected chi connectivity index (χ0v) is 40.9. The van der Waals surface area contributed by atoms with Crippen LogP contribution in [0.15, 0.2) is 0 Å². The van der Waals surface area contributed by atoms with Crippen molar-refractivity contribution in [1.29, 1.82) is 0 Å². The van der Waals surface area contributed by atoms with E-state index in [1.54, 1.807) is 7.11 Å². The van der Waals surface area contributed by atoms with Crippen molar-refractivity contribution < 1.29 is 37.5 Å². The lowest BCUT2D eigenvalue weighted by Crippen LogP contribution is -2.61. The number of hydrogen-bond donors (Lipinski definition) is 3. The third-order valence-corrected chi connectivity index (χ3v) is 9.84. The van der Waals surface area contributed by atoms with E-state index < -0.39 is 24.0 Å². The largest absolute Gasteiger partial charge is 0.378 e. The number of nitrogens with two attached hydrogens (primary N) is 3. The summed E-state index contributed by atoms with van der Waals surface area (Å²) in [7, 11) is 1.74. The molecule has 0 radical (unpaired) electrons. The van der Waals surface area contributed by atoms with Crippen LogP contribution in [0.1, 0.15) is 179 Å². The van der Waals surface area contributed by atoms with E-state index in [2.05, 4.69) is 76.2 Å². The number of hydrogen-bond acceptors (Lipinski definition) is 10. The molecule has 3 aliphatic carbocycles. The van der Waals surface area contributed by atoms with Gasteiger partial charge in [0.1, 0.15) is 30.6 Å². The number of methoxy groups -OCH3 is 1. The summed E-state index contributed by atoms with van der Waals surface area (Å²) < 4.78 is 56.9. The summed E-state index contributed by atoms with van der Waals surface area (Å²) >= 11 is 0. The normalized spacial score (nSPS) is 35.5. The molecule has 0 aromatic heterocycles. The zero-order chi connectivity index (χ0) is 44.9. The monoisotopic (exact) mass is 836 g/mol.